The molecule has 0 spiro atoms. The highest BCUT2D eigenvalue weighted by atomic mass is 16.1. The van der Waals surface area contributed by atoms with Gasteiger partial charge in [0.05, 0.1) is 24.1 Å². The number of carbonyl (C=O) groups is 1. The van der Waals surface area contributed by atoms with E-state index in [-0.39, 0.29) is 12.5 Å². The van der Waals surface area contributed by atoms with E-state index in [4.69, 9.17) is 5.73 Å². The predicted octanol–water partition coefficient (Wildman–Crippen LogP) is 1.26. The molecular weight excluding hydrogens is 190 g/mol. The van der Waals surface area contributed by atoms with Gasteiger partial charge < -0.3 is 11.1 Å². The third-order valence-corrected chi connectivity index (χ3v) is 1.83. The van der Waals surface area contributed by atoms with E-state index in [9.17, 15) is 4.79 Å². The molecule has 1 amide bonds. The Bertz CT molecular complexity index is 399. The van der Waals surface area contributed by atoms with Crippen molar-refractivity contribution in [3.8, 4) is 0 Å². The molecule has 15 heavy (non-hydrogen) atoms. The average Bonchev–Trinajstić information content (AvgIpc) is 2.28. The molecule has 0 saturated carbocycles. The molecule has 3 N–H and O–H groups in total. The van der Waals surface area contributed by atoms with Crippen molar-refractivity contribution in [2.24, 2.45) is 5.73 Å². The van der Waals surface area contributed by atoms with Gasteiger partial charge in [-0.25, -0.2) is 0 Å². The molecule has 78 valence electrons. The lowest BCUT2D eigenvalue weighted by Gasteiger charge is -2.05. The van der Waals surface area contributed by atoms with Crippen molar-refractivity contribution in [2.75, 3.05) is 11.9 Å². The number of nitrogens with two attached hydrogens (primary N) is 1. The second-order valence-corrected chi connectivity index (χ2v) is 2.86. The van der Waals surface area contributed by atoms with E-state index in [1.165, 1.54) is 0 Å². The zero-order chi connectivity index (χ0) is 11.3. The van der Waals surface area contributed by atoms with Crippen molar-refractivity contribution in [3.05, 3.63) is 36.7 Å². The fourth-order valence-electron chi connectivity index (χ4n) is 1.11. The van der Waals surface area contributed by atoms with Crippen LogP contribution in [-0.2, 0) is 4.79 Å². The van der Waals surface area contributed by atoms with Gasteiger partial charge in [0.25, 0.3) is 0 Å². The number of hydrogen-bond acceptors (Lipinski definition) is 3. The smallest absolute Gasteiger partial charge is 0.238 e. The third kappa shape index (κ3) is 2.75. The number of aromatic nitrogens is 1. The summed E-state index contributed by atoms with van der Waals surface area (Å²) in [6, 6.07) is 1.77. The molecule has 1 aromatic heterocycles. The minimum absolute atomic E-state index is 0.0490. The first-order chi connectivity index (χ1) is 7.21. The van der Waals surface area contributed by atoms with Gasteiger partial charge in [-0.2, -0.15) is 0 Å². The molecule has 0 unspecified atom stereocenters. The first kappa shape index (κ1) is 11.1. The first-order valence-electron chi connectivity index (χ1n) is 4.46. The van der Waals surface area contributed by atoms with E-state index < -0.39 is 0 Å². The lowest BCUT2D eigenvalue weighted by Crippen LogP contribution is -2.21. The number of amides is 1. The molecule has 0 aliphatic carbocycles. The molecular formula is C11H13N3O. The first-order valence-corrected chi connectivity index (χ1v) is 4.46. The summed E-state index contributed by atoms with van der Waals surface area (Å²) in [5, 5.41) is 2.61. The second kappa shape index (κ2) is 5.07. The molecule has 1 aromatic rings. The summed E-state index contributed by atoms with van der Waals surface area (Å²) >= 11 is 0. The standard InChI is InChI=1S/C11H13N3O/c1-3-8-5-9(14-11(15)6-12)7-13-10(8)4-2/h3-5,7H,1-2,6,12H2,(H,14,15). The molecule has 0 radical (unpaired) electrons. The van der Waals surface area contributed by atoms with E-state index in [1.54, 1.807) is 24.4 Å². The lowest BCUT2D eigenvalue weighted by molar-refractivity contribution is -0.114. The highest BCUT2D eigenvalue weighted by Gasteiger charge is 2.02. The van der Waals surface area contributed by atoms with Crippen LogP contribution in [0.3, 0.4) is 0 Å². The van der Waals surface area contributed by atoms with Crippen LogP contribution < -0.4 is 11.1 Å². The Balaban J connectivity index is 2.97. The highest BCUT2D eigenvalue weighted by molar-refractivity contribution is 5.92. The van der Waals surface area contributed by atoms with E-state index in [0.717, 1.165) is 11.3 Å². The monoisotopic (exact) mass is 203 g/mol. The van der Waals surface area contributed by atoms with Gasteiger partial charge in [-0.15, -0.1) is 0 Å². The summed E-state index contributed by atoms with van der Waals surface area (Å²) in [5.41, 5.74) is 7.33. The molecule has 0 aliphatic rings. The molecule has 4 heteroatoms. The van der Waals surface area contributed by atoms with Gasteiger partial charge in [-0.1, -0.05) is 19.2 Å². The molecule has 0 fully saturated rings. The van der Waals surface area contributed by atoms with Gasteiger partial charge in [0.15, 0.2) is 0 Å². The molecule has 0 saturated heterocycles. The number of pyridine rings is 1. The maximum Gasteiger partial charge on any atom is 0.238 e. The van der Waals surface area contributed by atoms with Crippen LogP contribution in [-0.4, -0.2) is 17.4 Å². The van der Waals surface area contributed by atoms with Crippen molar-refractivity contribution in [1.82, 2.24) is 4.98 Å². The normalized spacial score (nSPS) is 9.40. The molecule has 0 bridgehead atoms. The quantitative estimate of drug-likeness (QED) is 0.774. The van der Waals surface area contributed by atoms with Crippen LogP contribution in [0, 0.1) is 0 Å². The molecule has 1 heterocycles. The van der Waals surface area contributed by atoms with Crippen molar-refractivity contribution < 1.29 is 4.79 Å². The molecule has 0 atom stereocenters. The zero-order valence-corrected chi connectivity index (χ0v) is 8.36. The Labute approximate surface area is 88.5 Å². The van der Waals surface area contributed by atoms with Gasteiger partial charge in [0.1, 0.15) is 0 Å². The van der Waals surface area contributed by atoms with E-state index in [0.29, 0.717) is 5.69 Å². The van der Waals surface area contributed by atoms with Gasteiger partial charge >= 0.3 is 0 Å². The summed E-state index contributed by atoms with van der Waals surface area (Å²) in [7, 11) is 0. The summed E-state index contributed by atoms with van der Waals surface area (Å²) in [4.78, 5) is 15.1. The Hall–Kier alpha value is -1.94. The van der Waals surface area contributed by atoms with Crippen LogP contribution in [0.25, 0.3) is 12.2 Å². The Morgan fingerprint density at radius 2 is 2.27 bits per heavy atom. The Morgan fingerprint density at radius 3 is 2.80 bits per heavy atom. The minimum Gasteiger partial charge on any atom is -0.324 e. The highest BCUT2D eigenvalue weighted by Crippen LogP contribution is 2.14. The van der Waals surface area contributed by atoms with Crippen molar-refractivity contribution in [3.63, 3.8) is 0 Å². The SMILES string of the molecule is C=Cc1cc(NC(=O)CN)cnc1C=C. The third-order valence-electron chi connectivity index (χ3n) is 1.83. The second-order valence-electron chi connectivity index (χ2n) is 2.86. The average molecular weight is 203 g/mol. The van der Waals surface area contributed by atoms with Gasteiger partial charge in [0, 0.05) is 5.56 Å². The molecule has 1 rings (SSSR count). The van der Waals surface area contributed by atoms with E-state index in [2.05, 4.69) is 23.5 Å². The molecule has 0 aromatic carbocycles. The van der Waals surface area contributed by atoms with Crippen LogP contribution in [0.4, 0.5) is 5.69 Å². The van der Waals surface area contributed by atoms with Crippen LogP contribution in [0.5, 0.6) is 0 Å². The van der Waals surface area contributed by atoms with Gasteiger partial charge in [0.2, 0.25) is 5.91 Å². The van der Waals surface area contributed by atoms with E-state index in [1.807, 2.05) is 0 Å². The number of hydrogen-bond donors (Lipinski definition) is 2. The Kier molecular flexibility index (Phi) is 3.76. The largest absolute Gasteiger partial charge is 0.324 e. The number of anilines is 1. The van der Waals surface area contributed by atoms with Crippen LogP contribution in [0.15, 0.2) is 25.4 Å². The predicted molar refractivity (Wildman–Crippen MR) is 62.1 cm³/mol. The van der Waals surface area contributed by atoms with Gasteiger partial charge in [-0.05, 0) is 12.1 Å². The van der Waals surface area contributed by atoms with Crippen molar-refractivity contribution in [2.45, 2.75) is 0 Å². The van der Waals surface area contributed by atoms with Gasteiger partial charge in [-0.3, -0.25) is 9.78 Å². The number of rotatable bonds is 4. The van der Waals surface area contributed by atoms with E-state index >= 15 is 0 Å². The summed E-state index contributed by atoms with van der Waals surface area (Å²) in [6.45, 7) is 7.23. The number of carbonyl (C=O) groups excluding carboxylic acids is 1. The summed E-state index contributed by atoms with van der Waals surface area (Å²) in [5.74, 6) is -0.252. The zero-order valence-electron chi connectivity index (χ0n) is 8.36. The topological polar surface area (TPSA) is 68.0 Å². The van der Waals surface area contributed by atoms with Crippen LogP contribution in [0.1, 0.15) is 11.3 Å². The minimum atomic E-state index is -0.252. The summed E-state index contributed by atoms with van der Waals surface area (Å²) in [6.07, 6.45) is 4.84. The lowest BCUT2D eigenvalue weighted by atomic mass is 10.2. The maximum atomic E-state index is 11.0. The number of nitrogens with zero attached hydrogens (tertiary/aromatic N) is 1. The maximum absolute atomic E-state index is 11.0. The fourth-order valence-corrected chi connectivity index (χ4v) is 1.11. The summed E-state index contributed by atoms with van der Waals surface area (Å²) < 4.78 is 0. The van der Waals surface area contributed by atoms with Crippen LogP contribution in [0.2, 0.25) is 0 Å². The van der Waals surface area contributed by atoms with Crippen LogP contribution >= 0.6 is 0 Å². The van der Waals surface area contributed by atoms with Crippen molar-refractivity contribution in [1.29, 1.82) is 0 Å². The fraction of sp³-hybridized carbons (Fsp3) is 0.0909. The Morgan fingerprint density at radius 1 is 1.53 bits per heavy atom. The molecule has 4 nitrogen and oxygen atoms in total. The number of nitrogens with one attached hydrogen (secondary N) is 1. The van der Waals surface area contributed by atoms with Crippen molar-refractivity contribution >= 4 is 23.7 Å². The molecule has 0 aliphatic heterocycles.